The fourth-order valence-electron chi connectivity index (χ4n) is 3.93. The molecule has 0 radical (unpaired) electrons. The zero-order valence-electron chi connectivity index (χ0n) is 19.6. The van der Waals surface area contributed by atoms with Crippen LogP contribution in [0, 0.1) is 15.3 Å². The van der Waals surface area contributed by atoms with E-state index in [4.69, 9.17) is 9.84 Å². The maximum Gasteiger partial charge on any atom is 0.329 e. The highest BCUT2D eigenvalue weighted by Gasteiger charge is 2.28. The van der Waals surface area contributed by atoms with E-state index in [1.54, 1.807) is 36.4 Å². The van der Waals surface area contributed by atoms with Gasteiger partial charge in [-0.05, 0) is 71.0 Å². The lowest BCUT2D eigenvalue weighted by Gasteiger charge is -2.20. The summed E-state index contributed by atoms with van der Waals surface area (Å²) in [5, 5.41) is 29.4. The summed E-state index contributed by atoms with van der Waals surface area (Å²) in [5.41, 5.74) is 1.07. The van der Waals surface area contributed by atoms with Gasteiger partial charge in [-0.25, -0.2) is 14.2 Å². The summed E-state index contributed by atoms with van der Waals surface area (Å²) in [6.07, 6.45) is 0.522. The zero-order chi connectivity index (χ0) is 26.0. The molecule has 2 aromatic heterocycles. The van der Waals surface area contributed by atoms with Crippen LogP contribution in [0.15, 0.2) is 53.5 Å². The van der Waals surface area contributed by atoms with Gasteiger partial charge in [-0.2, -0.15) is 0 Å². The molecule has 2 atom stereocenters. The van der Waals surface area contributed by atoms with Gasteiger partial charge in [-0.15, -0.1) is 0 Å². The molecule has 0 saturated carbocycles. The first-order valence-electron chi connectivity index (χ1n) is 11.3. The number of hydrogen-bond acceptors (Lipinski definition) is 6. The Kier molecular flexibility index (Phi) is 7.81. The Morgan fingerprint density at radius 1 is 1.17 bits per heavy atom. The van der Waals surface area contributed by atoms with Crippen molar-refractivity contribution in [3.8, 4) is 34.1 Å². The van der Waals surface area contributed by atoms with Gasteiger partial charge in [0, 0.05) is 14.7 Å². The molecule has 0 amide bonds. The maximum absolute atomic E-state index is 14.5. The van der Waals surface area contributed by atoms with Crippen molar-refractivity contribution < 1.29 is 24.4 Å². The van der Waals surface area contributed by atoms with Crippen LogP contribution in [0.1, 0.15) is 25.7 Å². The van der Waals surface area contributed by atoms with Crippen LogP contribution >= 0.6 is 22.6 Å². The molecule has 9 nitrogen and oxygen atoms in total. The number of aliphatic hydroxyl groups is 2. The number of aromatic nitrogens is 4. The van der Waals surface area contributed by atoms with Crippen LogP contribution in [0.3, 0.4) is 0 Å². The third-order valence-corrected chi connectivity index (χ3v) is 6.38. The number of imidazole rings is 2. The van der Waals surface area contributed by atoms with Gasteiger partial charge in [0.2, 0.25) is 5.88 Å². The molecule has 11 heteroatoms. The van der Waals surface area contributed by atoms with Gasteiger partial charge >= 0.3 is 5.69 Å². The van der Waals surface area contributed by atoms with Gasteiger partial charge in [0.05, 0.1) is 18.5 Å². The summed E-state index contributed by atoms with van der Waals surface area (Å²) in [6.45, 7) is 3.31. The average Bonchev–Trinajstić information content (AvgIpc) is 3.43. The molecule has 5 N–H and O–H groups in total. The second kappa shape index (κ2) is 10.8. The summed E-state index contributed by atoms with van der Waals surface area (Å²) >= 11 is 2.04. The van der Waals surface area contributed by atoms with Crippen molar-refractivity contribution in [3.05, 3.63) is 74.4 Å². The standard InChI is InChI=1S/C25H26FIN4O5/c1-13(2)22(23-28-10-20(29-23)18-8-5-15(27)9-19(18)26)31-24(34)21(30-25(31)35)14-3-6-17(7-4-14)36-12-16(33)11-32/h3-10,13,16,22,32-34H,11-12H2,1-2H3,(H,28,29)(H,30,35)/t16-,22+/m1/s1. The number of H-pyrrole nitrogens is 2. The first-order valence-corrected chi connectivity index (χ1v) is 12.3. The highest BCUT2D eigenvalue weighted by atomic mass is 127. The molecular formula is C25H26FIN4O5. The number of aromatic hydroxyl groups is 1. The van der Waals surface area contributed by atoms with E-state index in [1.807, 2.05) is 36.4 Å². The minimum atomic E-state index is -0.990. The summed E-state index contributed by atoms with van der Waals surface area (Å²) in [6, 6.07) is 10.8. The summed E-state index contributed by atoms with van der Waals surface area (Å²) < 4.78 is 21.9. The van der Waals surface area contributed by atoms with E-state index in [0.29, 0.717) is 28.4 Å². The monoisotopic (exact) mass is 608 g/mol. The van der Waals surface area contributed by atoms with Crippen LogP contribution in [-0.4, -0.2) is 54.2 Å². The van der Waals surface area contributed by atoms with Gasteiger partial charge in [-0.1, -0.05) is 13.8 Å². The number of nitrogens with zero attached hydrogens (tertiary/aromatic N) is 2. The van der Waals surface area contributed by atoms with Gasteiger partial charge < -0.3 is 30.0 Å². The lowest BCUT2D eigenvalue weighted by atomic mass is 10.0. The molecule has 0 aliphatic rings. The first-order chi connectivity index (χ1) is 17.2. The molecule has 2 heterocycles. The molecular weight excluding hydrogens is 582 g/mol. The highest BCUT2D eigenvalue weighted by Crippen LogP contribution is 2.34. The SMILES string of the molecule is CC(C)[C@@H](c1ncc(-c2ccc(I)cc2F)[nH]1)n1c(O)c(-c2ccc(OC[C@H](O)CO)cc2)[nH]c1=O. The Bertz CT molecular complexity index is 1400. The Hall–Kier alpha value is -3.16. The quantitative estimate of drug-likeness (QED) is 0.184. The van der Waals surface area contributed by atoms with E-state index in [2.05, 4.69) is 15.0 Å². The van der Waals surface area contributed by atoms with Crippen LogP contribution in [0.25, 0.3) is 22.5 Å². The van der Waals surface area contributed by atoms with E-state index in [1.165, 1.54) is 16.8 Å². The number of rotatable bonds is 9. The molecule has 0 saturated heterocycles. The summed E-state index contributed by atoms with van der Waals surface area (Å²) in [4.78, 5) is 23.2. The Morgan fingerprint density at radius 2 is 1.89 bits per heavy atom. The zero-order valence-corrected chi connectivity index (χ0v) is 21.7. The lowest BCUT2D eigenvalue weighted by molar-refractivity contribution is 0.0536. The number of benzene rings is 2. The van der Waals surface area contributed by atoms with Crippen molar-refractivity contribution in [2.75, 3.05) is 13.2 Å². The van der Waals surface area contributed by atoms with Crippen LogP contribution in [-0.2, 0) is 0 Å². The Morgan fingerprint density at radius 3 is 2.53 bits per heavy atom. The molecule has 0 bridgehead atoms. The van der Waals surface area contributed by atoms with Crippen LogP contribution in [0.2, 0.25) is 0 Å². The molecule has 0 spiro atoms. The van der Waals surface area contributed by atoms with Crippen molar-refractivity contribution in [2.45, 2.75) is 26.0 Å². The van der Waals surface area contributed by atoms with Gasteiger partial charge in [0.25, 0.3) is 0 Å². The highest BCUT2D eigenvalue weighted by molar-refractivity contribution is 14.1. The predicted molar refractivity (Wildman–Crippen MR) is 140 cm³/mol. The van der Waals surface area contributed by atoms with Crippen molar-refractivity contribution in [1.82, 2.24) is 19.5 Å². The summed E-state index contributed by atoms with van der Waals surface area (Å²) in [5.74, 6) is 0.0686. The number of aliphatic hydroxyl groups excluding tert-OH is 2. The van der Waals surface area contributed by atoms with Crippen molar-refractivity contribution in [2.24, 2.45) is 5.92 Å². The Labute approximate surface area is 219 Å². The molecule has 190 valence electrons. The second-order valence-corrected chi connectivity index (χ2v) is 9.91. The van der Waals surface area contributed by atoms with Gasteiger partial charge in [0.15, 0.2) is 0 Å². The van der Waals surface area contributed by atoms with E-state index >= 15 is 0 Å². The normalized spacial score (nSPS) is 13.2. The van der Waals surface area contributed by atoms with Crippen LogP contribution < -0.4 is 10.4 Å². The molecule has 2 aromatic carbocycles. The molecule has 0 unspecified atom stereocenters. The van der Waals surface area contributed by atoms with E-state index in [9.17, 15) is 19.4 Å². The van der Waals surface area contributed by atoms with E-state index in [-0.39, 0.29) is 29.9 Å². The fraction of sp³-hybridized carbons (Fsp3) is 0.280. The topological polar surface area (TPSA) is 136 Å². The predicted octanol–water partition coefficient (Wildman–Crippen LogP) is 3.66. The van der Waals surface area contributed by atoms with E-state index in [0.717, 1.165) is 3.57 Å². The number of ether oxygens (including phenoxy) is 1. The summed E-state index contributed by atoms with van der Waals surface area (Å²) in [7, 11) is 0. The smallest absolute Gasteiger partial charge is 0.329 e. The third kappa shape index (κ3) is 5.32. The fourth-order valence-corrected chi connectivity index (χ4v) is 4.38. The second-order valence-electron chi connectivity index (χ2n) is 8.67. The van der Waals surface area contributed by atoms with Crippen LogP contribution in [0.5, 0.6) is 11.6 Å². The third-order valence-electron chi connectivity index (χ3n) is 5.71. The van der Waals surface area contributed by atoms with Gasteiger partial charge in [-0.3, -0.25) is 4.57 Å². The molecule has 4 rings (SSSR count). The minimum absolute atomic E-state index is 0.0678. The molecule has 0 fully saturated rings. The number of hydrogen-bond donors (Lipinski definition) is 5. The van der Waals surface area contributed by atoms with Crippen molar-refractivity contribution in [1.29, 1.82) is 0 Å². The minimum Gasteiger partial charge on any atom is -0.493 e. The van der Waals surface area contributed by atoms with E-state index < -0.39 is 24.4 Å². The lowest BCUT2D eigenvalue weighted by Crippen LogP contribution is -2.27. The Balaban J connectivity index is 1.65. The molecule has 0 aliphatic carbocycles. The molecule has 4 aromatic rings. The number of aromatic amines is 2. The van der Waals surface area contributed by atoms with Crippen molar-refractivity contribution >= 4 is 22.6 Å². The van der Waals surface area contributed by atoms with Gasteiger partial charge in [0.1, 0.15) is 41.8 Å². The van der Waals surface area contributed by atoms with Crippen molar-refractivity contribution in [3.63, 3.8) is 0 Å². The van der Waals surface area contributed by atoms with Crippen LogP contribution in [0.4, 0.5) is 4.39 Å². The number of halogens is 2. The number of nitrogens with one attached hydrogen (secondary N) is 2. The maximum atomic E-state index is 14.5. The molecule has 36 heavy (non-hydrogen) atoms. The first kappa shape index (κ1) is 25.9. The average molecular weight is 608 g/mol. The molecule has 0 aliphatic heterocycles. The largest absolute Gasteiger partial charge is 0.493 e.